The second kappa shape index (κ2) is 6.06. The van der Waals surface area contributed by atoms with Crippen LogP contribution in [0.25, 0.3) is 0 Å². The quantitative estimate of drug-likeness (QED) is 0.906. The molecule has 1 fully saturated rings. The van der Waals surface area contributed by atoms with Gasteiger partial charge in [0.25, 0.3) is 0 Å². The summed E-state index contributed by atoms with van der Waals surface area (Å²) in [5.74, 6) is 0.183. The van der Waals surface area contributed by atoms with E-state index >= 15 is 0 Å². The second-order valence-electron chi connectivity index (χ2n) is 6.60. The molecule has 1 N–H and O–H groups in total. The Balaban J connectivity index is 1.97. The Kier molecular flexibility index (Phi) is 4.75. The largest absolute Gasteiger partial charge is 0.296 e. The van der Waals surface area contributed by atoms with Gasteiger partial charge in [-0.05, 0) is 6.92 Å². The SMILES string of the molecule is CCS(=O)(=O)N1CCN(Cc2cn[nH]c2C(C)(C)C)CC1. The highest BCUT2D eigenvalue weighted by Crippen LogP contribution is 2.24. The fourth-order valence-electron chi connectivity index (χ4n) is 2.67. The van der Waals surface area contributed by atoms with E-state index in [1.165, 1.54) is 5.56 Å². The standard InChI is InChI=1S/C14H26N4O2S/c1-5-21(19,20)18-8-6-17(7-9-18)11-12-10-15-16-13(12)14(2,3)4/h10H,5-9,11H2,1-4H3,(H,15,16). The molecule has 21 heavy (non-hydrogen) atoms. The van der Waals surface area contributed by atoms with Gasteiger partial charge in [0.2, 0.25) is 10.0 Å². The third kappa shape index (κ3) is 3.84. The Morgan fingerprint density at radius 3 is 2.38 bits per heavy atom. The zero-order valence-corrected chi connectivity index (χ0v) is 14.2. The van der Waals surface area contributed by atoms with Gasteiger partial charge in [-0.25, -0.2) is 8.42 Å². The van der Waals surface area contributed by atoms with Crippen molar-refractivity contribution < 1.29 is 8.42 Å². The maximum absolute atomic E-state index is 11.9. The lowest BCUT2D eigenvalue weighted by Gasteiger charge is -2.34. The third-order valence-electron chi connectivity index (χ3n) is 3.95. The highest BCUT2D eigenvalue weighted by molar-refractivity contribution is 7.89. The van der Waals surface area contributed by atoms with Gasteiger partial charge >= 0.3 is 0 Å². The van der Waals surface area contributed by atoms with E-state index in [1.54, 1.807) is 11.2 Å². The van der Waals surface area contributed by atoms with Crippen LogP contribution >= 0.6 is 0 Å². The van der Waals surface area contributed by atoms with Gasteiger partial charge in [0, 0.05) is 49.4 Å². The smallest absolute Gasteiger partial charge is 0.213 e. The highest BCUT2D eigenvalue weighted by Gasteiger charge is 2.27. The number of piperazine rings is 1. The minimum Gasteiger partial charge on any atom is -0.296 e. The number of nitrogens with one attached hydrogen (secondary N) is 1. The molecular weight excluding hydrogens is 288 g/mol. The minimum atomic E-state index is -3.05. The fraction of sp³-hybridized carbons (Fsp3) is 0.786. The van der Waals surface area contributed by atoms with Crippen LogP contribution in [-0.2, 0) is 22.0 Å². The third-order valence-corrected chi connectivity index (χ3v) is 5.83. The van der Waals surface area contributed by atoms with Crippen LogP contribution in [0.5, 0.6) is 0 Å². The molecule has 6 nitrogen and oxygen atoms in total. The van der Waals surface area contributed by atoms with Gasteiger partial charge in [0.05, 0.1) is 11.9 Å². The number of hydrogen-bond acceptors (Lipinski definition) is 4. The van der Waals surface area contributed by atoms with E-state index in [2.05, 4.69) is 35.9 Å². The first-order valence-electron chi connectivity index (χ1n) is 7.47. The van der Waals surface area contributed by atoms with Crippen molar-refractivity contribution in [2.45, 2.75) is 39.7 Å². The predicted octanol–water partition coefficient (Wildman–Crippen LogP) is 1.17. The Morgan fingerprint density at radius 1 is 1.24 bits per heavy atom. The first kappa shape index (κ1) is 16.5. The topological polar surface area (TPSA) is 69.3 Å². The normalized spacial score (nSPS) is 19.0. The van der Waals surface area contributed by atoms with Crippen LogP contribution in [0, 0.1) is 0 Å². The van der Waals surface area contributed by atoms with Gasteiger partial charge in [0.1, 0.15) is 0 Å². The number of aromatic amines is 1. The molecule has 0 unspecified atom stereocenters. The predicted molar refractivity (Wildman–Crippen MR) is 83.6 cm³/mol. The summed E-state index contributed by atoms with van der Waals surface area (Å²) in [6.07, 6.45) is 1.88. The summed E-state index contributed by atoms with van der Waals surface area (Å²) in [5, 5.41) is 7.26. The summed E-state index contributed by atoms with van der Waals surface area (Å²) in [7, 11) is -3.05. The monoisotopic (exact) mass is 314 g/mol. The van der Waals surface area contributed by atoms with Crippen molar-refractivity contribution in [1.82, 2.24) is 19.4 Å². The van der Waals surface area contributed by atoms with Crippen LogP contribution in [0.1, 0.15) is 39.0 Å². The van der Waals surface area contributed by atoms with Crippen molar-refractivity contribution in [1.29, 1.82) is 0 Å². The highest BCUT2D eigenvalue weighted by atomic mass is 32.2. The van der Waals surface area contributed by atoms with Crippen molar-refractivity contribution in [2.75, 3.05) is 31.9 Å². The number of H-pyrrole nitrogens is 1. The van der Waals surface area contributed by atoms with Crippen molar-refractivity contribution in [3.05, 3.63) is 17.5 Å². The molecule has 0 saturated carbocycles. The number of nitrogens with zero attached hydrogens (tertiary/aromatic N) is 3. The van der Waals surface area contributed by atoms with E-state index in [0.29, 0.717) is 13.1 Å². The van der Waals surface area contributed by atoms with Crippen molar-refractivity contribution in [3.8, 4) is 0 Å². The van der Waals surface area contributed by atoms with E-state index in [9.17, 15) is 8.42 Å². The molecule has 1 aromatic heterocycles. The van der Waals surface area contributed by atoms with Crippen molar-refractivity contribution >= 4 is 10.0 Å². The van der Waals surface area contributed by atoms with E-state index in [-0.39, 0.29) is 11.2 Å². The van der Waals surface area contributed by atoms with Gasteiger partial charge in [-0.3, -0.25) is 10.00 Å². The lowest BCUT2D eigenvalue weighted by atomic mass is 9.89. The molecule has 1 aliphatic heterocycles. The number of hydrogen-bond donors (Lipinski definition) is 1. The van der Waals surface area contributed by atoms with Gasteiger partial charge in [-0.15, -0.1) is 0 Å². The first-order valence-corrected chi connectivity index (χ1v) is 9.08. The summed E-state index contributed by atoms with van der Waals surface area (Å²) in [5.41, 5.74) is 2.40. The molecule has 0 spiro atoms. The molecule has 2 heterocycles. The maximum Gasteiger partial charge on any atom is 0.213 e. The average Bonchev–Trinajstić information content (AvgIpc) is 2.87. The summed E-state index contributed by atoms with van der Waals surface area (Å²) in [4.78, 5) is 2.29. The van der Waals surface area contributed by atoms with E-state index in [1.807, 2.05) is 6.20 Å². The Morgan fingerprint density at radius 2 is 1.86 bits per heavy atom. The molecule has 1 saturated heterocycles. The summed E-state index contributed by atoms with van der Waals surface area (Å²) in [6, 6.07) is 0. The van der Waals surface area contributed by atoms with Gasteiger partial charge in [-0.2, -0.15) is 9.40 Å². The molecule has 0 radical (unpaired) electrons. The molecule has 120 valence electrons. The van der Waals surface area contributed by atoms with E-state index in [0.717, 1.165) is 25.3 Å². The molecule has 0 amide bonds. The lowest BCUT2D eigenvalue weighted by molar-refractivity contribution is 0.181. The van der Waals surface area contributed by atoms with E-state index < -0.39 is 10.0 Å². The van der Waals surface area contributed by atoms with Crippen molar-refractivity contribution in [2.24, 2.45) is 0 Å². The second-order valence-corrected chi connectivity index (χ2v) is 8.85. The van der Waals surface area contributed by atoms with Crippen LogP contribution in [0.4, 0.5) is 0 Å². The Hall–Kier alpha value is -0.920. The number of rotatable bonds is 4. The molecule has 2 rings (SSSR count). The Bertz CT molecular complexity index is 566. The Labute approximate surface area is 127 Å². The van der Waals surface area contributed by atoms with Crippen LogP contribution in [0.15, 0.2) is 6.20 Å². The molecule has 0 aromatic carbocycles. The fourth-order valence-corrected chi connectivity index (χ4v) is 3.75. The maximum atomic E-state index is 11.9. The molecule has 0 aliphatic carbocycles. The van der Waals surface area contributed by atoms with Crippen LogP contribution < -0.4 is 0 Å². The average molecular weight is 314 g/mol. The zero-order chi connectivity index (χ0) is 15.7. The number of sulfonamides is 1. The van der Waals surface area contributed by atoms with Crippen molar-refractivity contribution in [3.63, 3.8) is 0 Å². The number of aromatic nitrogens is 2. The molecular formula is C14H26N4O2S. The molecule has 0 atom stereocenters. The van der Waals surface area contributed by atoms with Gasteiger partial charge < -0.3 is 0 Å². The molecule has 7 heteroatoms. The zero-order valence-electron chi connectivity index (χ0n) is 13.4. The first-order chi connectivity index (χ1) is 9.74. The van der Waals surface area contributed by atoms with Crippen LogP contribution in [-0.4, -0.2) is 59.8 Å². The minimum absolute atomic E-state index is 0.0409. The van der Waals surface area contributed by atoms with Crippen LogP contribution in [0.3, 0.4) is 0 Å². The summed E-state index contributed by atoms with van der Waals surface area (Å²) in [6.45, 7) is 11.7. The molecule has 0 bridgehead atoms. The van der Waals surface area contributed by atoms with Gasteiger partial charge in [0.15, 0.2) is 0 Å². The summed E-state index contributed by atoms with van der Waals surface area (Å²) < 4.78 is 25.3. The summed E-state index contributed by atoms with van der Waals surface area (Å²) >= 11 is 0. The molecule has 1 aromatic rings. The lowest BCUT2D eigenvalue weighted by Crippen LogP contribution is -2.48. The molecule has 1 aliphatic rings. The van der Waals surface area contributed by atoms with Gasteiger partial charge in [-0.1, -0.05) is 20.8 Å². The van der Waals surface area contributed by atoms with Crippen LogP contribution in [0.2, 0.25) is 0 Å². The van der Waals surface area contributed by atoms with E-state index in [4.69, 9.17) is 0 Å².